The number of likely N-dealkylation sites (tertiary alicyclic amines) is 1. The first-order valence-electron chi connectivity index (χ1n) is 11.3. The third-order valence-electron chi connectivity index (χ3n) is 6.53. The molecule has 1 amide bonds. The van der Waals surface area contributed by atoms with Gasteiger partial charge in [-0.2, -0.15) is 0 Å². The van der Waals surface area contributed by atoms with E-state index in [0.717, 1.165) is 57.6 Å². The number of rotatable bonds is 5. The van der Waals surface area contributed by atoms with Crippen LogP contribution in [0, 0.1) is 0 Å². The lowest BCUT2D eigenvalue weighted by molar-refractivity contribution is 0.0608. The average molecular weight is 420 g/mol. The summed E-state index contributed by atoms with van der Waals surface area (Å²) in [7, 11) is 0. The molecule has 3 heterocycles. The molecule has 1 atom stereocenters. The van der Waals surface area contributed by atoms with E-state index in [1.165, 1.54) is 16.3 Å². The van der Waals surface area contributed by atoms with E-state index in [9.17, 15) is 4.79 Å². The van der Waals surface area contributed by atoms with Crippen LogP contribution in [0.4, 0.5) is 0 Å². The van der Waals surface area contributed by atoms with E-state index in [1.807, 2.05) is 6.07 Å². The molecule has 5 rings (SSSR count). The smallest absolute Gasteiger partial charge is 0.290 e. The van der Waals surface area contributed by atoms with Crippen molar-refractivity contribution in [3.63, 3.8) is 0 Å². The molecule has 0 saturated carbocycles. The zero-order valence-corrected chi connectivity index (χ0v) is 17.8. The Morgan fingerprint density at radius 3 is 2.77 bits per heavy atom. The number of aromatic nitrogens is 1. The van der Waals surface area contributed by atoms with Crippen molar-refractivity contribution in [2.75, 3.05) is 26.3 Å². The van der Waals surface area contributed by atoms with Crippen molar-refractivity contribution in [2.45, 2.75) is 44.2 Å². The lowest BCUT2D eigenvalue weighted by Gasteiger charge is -2.31. The van der Waals surface area contributed by atoms with Gasteiger partial charge in [0.15, 0.2) is 0 Å². The summed E-state index contributed by atoms with van der Waals surface area (Å²) in [4.78, 5) is 15.0. The fourth-order valence-electron chi connectivity index (χ4n) is 4.76. The highest BCUT2D eigenvalue weighted by molar-refractivity contribution is 5.91. The molecule has 1 N–H and O–H groups in total. The van der Waals surface area contributed by atoms with Crippen LogP contribution in [0.5, 0.6) is 0 Å². The lowest BCUT2D eigenvalue weighted by Crippen LogP contribution is -2.40. The highest BCUT2D eigenvalue weighted by Crippen LogP contribution is 2.29. The number of hydrogen-bond acceptors (Lipinski definition) is 5. The number of nitrogens with zero attached hydrogens (tertiary/aromatic N) is 2. The molecule has 2 saturated heterocycles. The van der Waals surface area contributed by atoms with E-state index in [1.54, 1.807) is 0 Å². The molecule has 162 valence electrons. The van der Waals surface area contributed by atoms with Crippen LogP contribution in [-0.2, 0) is 11.3 Å². The van der Waals surface area contributed by atoms with Crippen LogP contribution in [0.2, 0.25) is 0 Å². The minimum Gasteiger partial charge on any atom is -0.379 e. The largest absolute Gasteiger partial charge is 0.379 e. The van der Waals surface area contributed by atoms with Crippen LogP contribution in [0.25, 0.3) is 10.8 Å². The van der Waals surface area contributed by atoms with Gasteiger partial charge in [-0.05, 0) is 55.1 Å². The Labute approximate surface area is 182 Å². The molecule has 0 radical (unpaired) electrons. The quantitative estimate of drug-likeness (QED) is 0.674. The van der Waals surface area contributed by atoms with Gasteiger partial charge in [0, 0.05) is 25.1 Å². The Morgan fingerprint density at radius 2 is 1.94 bits per heavy atom. The minimum absolute atomic E-state index is 0.0621. The van der Waals surface area contributed by atoms with Crippen molar-refractivity contribution >= 4 is 16.7 Å². The van der Waals surface area contributed by atoms with E-state index in [0.29, 0.717) is 18.3 Å². The van der Waals surface area contributed by atoms with Crippen LogP contribution in [0.3, 0.4) is 0 Å². The van der Waals surface area contributed by atoms with E-state index in [4.69, 9.17) is 9.26 Å². The summed E-state index contributed by atoms with van der Waals surface area (Å²) < 4.78 is 10.8. The average Bonchev–Trinajstić information content (AvgIpc) is 3.31. The van der Waals surface area contributed by atoms with Gasteiger partial charge < -0.3 is 14.6 Å². The number of fused-ring (bicyclic) bond motifs is 1. The molecule has 3 aromatic rings. The topological polar surface area (TPSA) is 67.6 Å². The maximum atomic E-state index is 12.5. The van der Waals surface area contributed by atoms with Gasteiger partial charge in [0.2, 0.25) is 5.76 Å². The van der Waals surface area contributed by atoms with Gasteiger partial charge >= 0.3 is 0 Å². The van der Waals surface area contributed by atoms with Crippen molar-refractivity contribution in [2.24, 2.45) is 0 Å². The van der Waals surface area contributed by atoms with Crippen molar-refractivity contribution in [1.82, 2.24) is 15.4 Å². The van der Waals surface area contributed by atoms with Crippen LogP contribution >= 0.6 is 0 Å². The number of hydrogen-bond donors (Lipinski definition) is 1. The summed E-state index contributed by atoms with van der Waals surface area (Å²) in [5.74, 6) is 0.452. The number of carbonyl (C=O) groups is 1. The Kier molecular flexibility index (Phi) is 6.00. The van der Waals surface area contributed by atoms with Gasteiger partial charge in [0.25, 0.3) is 5.91 Å². The Bertz CT molecular complexity index is 1030. The maximum absolute atomic E-state index is 12.5. The molecular weight excluding hydrogens is 390 g/mol. The van der Waals surface area contributed by atoms with Crippen LogP contribution in [0.15, 0.2) is 53.1 Å². The Morgan fingerprint density at radius 1 is 1.10 bits per heavy atom. The van der Waals surface area contributed by atoms with Crippen molar-refractivity contribution < 1.29 is 14.1 Å². The fourth-order valence-corrected chi connectivity index (χ4v) is 4.76. The molecule has 1 aromatic heterocycles. The molecule has 0 aliphatic carbocycles. The fraction of sp³-hybridized carbons (Fsp3) is 0.440. The van der Waals surface area contributed by atoms with E-state index >= 15 is 0 Å². The third-order valence-corrected chi connectivity index (χ3v) is 6.53. The van der Waals surface area contributed by atoms with Crippen LogP contribution in [0.1, 0.15) is 53.4 Å². The third kappa shape index (κ3) is 4.65. The Balaban J connectivity index is 1.17. The van der Waals surface area contributed by atoms with Crippen LogP contribution < -0.4 is 5.32 Å². The van der Waals surface area contributed by atoms with Gasteiger partial charge in [0.1, 0.15) is 0 Å². The number of benzene rings is 2. The molecule has 31 heavy (non-hydrogen) atoms. The first kappa shape index (κ1) is 20.2. The Hall–Kier alpha value is -2.70. The molecule has 0 spiro atoms. The monoisotopic (exact) mass is 419 g/mol. The summed E-state index contributed by atoms with van der Waals surface area (Å²) in [5.41, 5.74) is 2.28. The number of piperidine rings is 1. The molecule has 6 heteroatoms. The zero-order chi connectivity index (χ0) is 21.0. The van der Waals surface area contributed by atoms with Gasteiger partial charge in [0.05, 0.1) is 18.3 Å². The minimum atomic E-state index is -0.192. The van der Waals surface area contributed by atoms with Crippen molar-refractivity contribution in [3.8, 4) is 0 Å². The second-order valence-corrected chi connectivity index (χ2v) is 8.69. The number of ether oxygens (including phenoxy) is 1. The van der Waals surface area contributed by atoms with Crippen molar-refractivity contribution in [1.29, 1.82) is 0 Å². The zero-order valence-electron chi connectivity index (χ0n) is 17.8. The lowest BCUT2D eigenvalue weighted by atomic mass is 9.93. The van der Waals surface area contributed by atoms with Gasteiger partial charge in [-0.1, -0.05) is 47.6 Å². The highest BCUT2D eigenvalue weighted by Gasteiger charge is 2.26. The second kappa shape index (κ2) is 9.20. The summed E-state index contributed by atoms with van der Waals surface area (Å²) in [5, 5.41) is 9.84. The first-order chi connectivity index (χ1) is 15.3. The molecule has 2 fully saturated rings. The molecule has 2 aromatic carbocycles. The number of carbonyl (C=O) groups excluding carboxylic acids is 1. The van der Waals surface area contributed by atoms with Gasteiger partial charge in [-0.25, -0.2) is 0 Å². The molecule has 0 bridgehead atoms. The SMILES string of the molecule is O=C(N[C@@H]1CCCOC1)c1cc(C2CCN(Cc3cccc4ccccc34)CC2)no1. The number of nitrogens with one attached hydrogen (secondary N) is 1. The van der Waals surface area contributed by atoms with E-state index in [-0.39, 0.29) is 11.9 Å². The van der Waals surface area contributed by atoms with Gasteiger partial charge in [-0.3, -0.25) is 9.69 Å². The summed E-state index contributed by atoms with van der Waals surface area (Å²) in [6.07, 6.45) is 3.97. The summed E-state index contributed by atoms with van der Waals surface area (Å²) in [6, 6.07) is 17.0. The highest BCUT2D eigenvalue weighted by atomic mass is 16.5. The normalized spacial score (nSPS) is 20.7. The molecule has 2 aliphatic heterocycles. The maximum Gasteiger partial charge on any atom is 0.290 e. The van der Waals surface area contributed by atoms with E-state index < -0.39 is 0 Å². The van der Waals surface area contributed by atoms with E-state index in [2.05, 4.69) is 57.8 Å². The predicted molar refractivity (Wildman–Crippen MR) is 119 cm³/mol. The second-order valence-electron chi connectivity index (χ2n) is 8.69. The molecule has 2 aliphatic rings. The van der Waals surface area contributed by atoms with Crippen LogP contribution in [-0.4, -0.2) is 48.3 Å². The van der Waals surface area contributed by atoms with Gasteiger partial charge in [-0.15, -0.1) is 0 Å². The summed E-state index contributed by atoms with van der Waals surface area (Å²) in [6.45, 7) is 4.34. The number of amides is 1. The standard InChI is InChI=1S/C25H29N3O3/c29-25(26-21-8-4-14-30-17-21)24-15-23(27-31-24)19-10-12-28(13-11-19)16-20-7-3-6-18-5-1-2-9-22(18)20/h1-3,5-7,9,15,19,21H,4,8,10-14,16-17H2,(H,26,29)/t21-/m1/s1. The summed E-state index contributed by atoms with van der Waals surface area (Å²) >= 11 is 0. The molecule has 6 nitrogen and oxygen atoms in total. The van der Waals surface area contributed by atoms with Crippen molar-refractivity contribution in [3.05, 3.63) is 65.5 Å². The first-order valence-corrected chi connectivity index (χ1v) is 11.3. The molecular formula is C25H29N3O3. The predicted octanol–water partition coefficient (Wildman–Crippen LogP) is 4.12. The molecule has 0 unspecified atom stereocenters.